The summed E-state index contributed by atoms with van der Waals surface area (Å²) in [7, 11) is 1.95. The molecule has 0 spiro atoms. The Morgan fingerprint density at radius 1 is 1.33 bits per heavy atom. The number of nitrogens with one attached hydrogen (secondary N) is 1. The van der Waals surface area contributed by atoms with Crippen LogP contribution in [0.5, 0.6) is 0 Å². The molecule has 0 amide bonds. The van der Waals surface area contributed by atoms with Gasteiger partial charge in [0.25, 0.3) is 0 Å². The van der Waals surface area contributed by atoms with E-state index in [4.69, 9.17) is 0 Å². The lowest BCUT2D eigenvalue weighted by atomic mass is 9.94. The summed E-state index contributed by atoms with van der Waals surface area (Å²) in [6, 6.07) is 1.93. The fourth-order valence-electron chi connectivity index (χ4n) is 2.67. The molecule has 18 heavy (non-hydrogen) atoms. The molecule has 2 rings (SSSR count). The smallest absolute Gasteiger partial charge is 0.181 e. The van der Waals surface area contributed by atoms with Crippen molar-refractivity contribution < 1.29 is 4.79 Å². The van der Waals surface area contributed by atoms with Gasteiger partial charge in [0.15, 0.2) is 5.78 Å². The maximum Gasteiger partial charge on any atom is 0.181 e. The fourth-order valence-corrected chi connectivity index (χ4v) is 2.67. The zero-order chi connectivity index (χ0) is 13.1. The number of aryl methyl sites for hydroxylation is 1. The van der Waals surface area contributed by atoms with E-state index in [2.05, 4.69) is 24.1 Å². The normalized spacial score (nSPS) is 19.1. The summed E-state index contributed by atoms with van der Waals surface area (Å²) in [5.74, 6) is 0.600. The van der Waals surface area contributed by atoms with E-state index in [1.807, 2.05) is 30.1 Å². The minimum Gasteiger partial charge on any atom is -0.357 e. The molecular weight excluding hydrogens is 226 g/mol. The maximum absolute atomic E-state index is 12.6. The number of piperazine rings is 1. The molecule has 1 N–H and O–H groups in total. The van der Waals surface area contributed by atoms with Crippen LogP contribution in [-0.4, -0.2) is 47.5 Å². The van der Waals surface area contributed by atoms with E-state index in [0.717, 1.165) is 31.7 Å². The predicted molar refractivity (Wildman–Crippen MR) is 72.8 cm³/mol. The highest BCUT2D eigenvalue weighted by Gasteiger charge is 2.30. The Bertz CT molecular complexity index is 405. The number of nitrogens with zero attached hydrogens (tertiary/aromatic N) is 2. The van der Waals surface area contributed by atoms with E-state index in [9.17, 15) is 4.79 Å². The van der Waals surface area contributed by atoms with Crippen LogP contribution in [0.15, 0.2) is 18.5 Å². The molecule has 1 aliphatic heterocycles. The lowest BCUT2D eigenvalue weighted by molar-refractivity contribution is 0.0719. The quantitative estimate of drug-likeness (QED) is 0.813. The SMILES string of the molecule is CC(C)C(C(=O)c1ccn(C)c1)N1CCNCC1. The Morgan fingerprint density at radius 2 is 2.00 bits per heavy atom. The summed E-state index contributed by atoms with van der Waals surface area (Å²) in [4.78, 5) is 14.9. The van der Waals surface area contributed by atoms with Gasteiger partial charge in [0.05, 0.1) is 6.04 Å². The molecule has 1 aliphatic rings. The Kier molecular flexibility index (Phi) is 4.19. The van der Waals surface area contributed by atoms with Crippen LogP contribution in [0.25, 0.3) is 0 Å². The summed E-state index contributed by atoms with van der Waals surface area (Å²) in [5, 5.41) is 3.33. The molecule has 0 radical (unpaired) electrons. The molecule has 0 aromatic carbocycles. The summed E-state index contributed by atoms with van der Waals surface area (Å²) in [6.07, 6.45) is 3.85. The lowest BCUT2D eigenvalue weighted by Gasteiger charge is -2.36. The van der Waals surface area contributed by atoms with Crippen molar-refractivity contribution in [3.63, 3.8) is 0 Å². The van der Waals surface area contributed by atoms with Gasteiger partial charge < -0.3 is 9.88 Å². The number of carbonyl (C=O) groups is 1. The van der Waals surface area contributed by atoms with E-state index >= 15 is 0 Å². The lowest BCUT2D eigenvalue weighted by Crippen LogP contribution is -2.53. The molecular formula is C14H23N3O. The van der Waals surface area contributed by atoms with Crippen molar-refractivity contribution in [2.24, 2.45) is 13.0 Å². The first kappa shape index (κ1) is 13.3. The average Bonchev–Trinajstić information content (AvgIpc) is 2.77. The summed E-state index contributed by atoms with van der Waals surface area (Å²) >= 11 is 0. The Morgan fingerprint density at radius 3 is 2.50 bits per heavy atom. The number of aromatic nitrogens is 1. The van der Waals surface area contributed by atoms with Gasteiger partial charge in [0.1, 0.15) is 0 Å². The van der Waals surface area contributed by atoms with Gasteiger partial charge in [-0.3, -0.25) is 9.69 Å². The van der Waals surface area contributed by atoms with Gasteiger partial charge in [-0.25, -0.2) is 0 Å². The number of carbonyl (C=O) groups excluding carboxylic acids is 1. The third-order valence-electron chi connectivity index (χ3n) is 3.56. The minimum atomic E-state index is 0.00880. The second-order valence-corrected chi connectivity index (χ2v) is 5.40. The van der Waals surface area contributed by atoms with Crippen molar-refractivity contribution in [1.29, 1.82) is 0 Å². The Balaban J connectivity index is 2.16. The summed E-state index contributed by atoms with van der Waals surface area (Å²) in [6.45, 7) is 8.14. The number of hydrogen-bond acceptors (Lipinski definition) is 3. The second kappa shape index (κ2) is 5.67. The van der Waals surface area contributed by atoms with Gasteiger partial charge in [-0.15, -0.1) is 0 Å². The molecule has 1 unspecified atom stereocenters. The second-order valence-electron chi connectivity index (χ2n) is 5.40. The van der Waals surface area contributed by atoms with Crippen LogP contribution in [-0.2, 0) is 7.05 Å². The van der Waals surface area contributed by atoms with Crippen LogP contribution >= 0.6 is 0 Å². The van der Waals surface area contributed by atoms with Crippen molar-refractivity contribution >= 4 is 5.78 Å². The number of Topliss-reactive ketones (excluding diaryl/α,β-unsaturated/α-hetero) is 1. The van der Waals surface area contributed by atoms with Crippen LogP contribution in [0.4, 0.5) is 0 Å². The van der Waals surface area contributed by atoms with Gasteiger partial charge in [0.2, 0.25) is 0 Å². The topological polar surface area (TPSA) is 37.3 Å². The number of hydrogen-bond donors (Lipinski definition) is 1. The summed E-state index contributed by atoms with van der Waals surface area (Å²) < 4.78 is 1.93. The van der Waals surface area contributed by atoms with Gasteiger partial charge >= 0.3 is 0 Å². The zero-order valence-corrected chi connectivity index (χ0v) is 11.5. The molecule has 4 heteroatoms. The van der Waals surface area contributed by atoms with Gasteiger partial charge in [-0.1, -0.05) is 13.8 Å². The molecule has 1 atom stereocenters. The van der Waals surface area contributed by atoms with Crippen molar-refractivity contribution in [3.05, 3.63) is 24.0 Å². The van der Waals surface area contributed by atoms with E-state index in [1.54, 1.807) is 0 Å². The van der Waals surface area contributed by atoms with Crippen molar-refractivity contribution in [2.45, 2.75) is 19.9 Å². The largest absolute Gasteiger partial charge is 0.357 e. The van der Waals surface area contributed by atoms with E-state index < -0.39 is 0 Å². The standard InChI is InChI=1S/C14H23N3O/c1-11(2)13(17-8-5-15-6-9-17)14(18)12-4-7-16(3)10-12/h4,7,10-11,13,15H,5-6,8-9H2,1-3H3. The number of ketones is 1. The van der Waals surface area contributed by atoms with Gasteiger partial charge in [-0.05, 0) is 12.0 Å². The molecule has 1 aromatic heterocycles. The molecule has 1 aromatic rings. The first-order valence-electron chi connectivity index (χ1n) is 6.70. The third kappa shape index (κ3) is 2.82. The Labute approximate surface area is 109 Å². The van der Waals surface area contributed by atoms with Crippen LogP contribution in [0.1, 0.15) is 24.2 Å². The van der Waals surface area contributed by atoms with Crippen LogP contribution in [0.3, 0.4) is 0 Å². The van der Waals surface area contributed by atoms with E-state index in [1.165, 1.54) is 0 Å². The molecule has 4 nitrogen and oxygen atoms in total. The van der Waals surface area contributed by atoms with Crippen molar-refractivity contribution in [1.82, 2.24) is 14.8 Å². The van der Waals surface area contributed by atoms with Crippen LogP contribution in [0.2, 0.25) is 0 Å². The van der Waals surface area contributed by atoms with Crippen LogP contribution < -0.4 is 5.32 Å². The monoisotopic (exact) mass is 249 g/mol. The molecule has 2 heterocycles. The first-order chi connectivity index (χ1) is 8.59. The average molecular weight is 249 g/mol. The molecule has 1 fully saturated rings. The minimum absolute atomic E-state index is 0.00880. The van der Waals surface area contributed by atoms with Crippen LogP contribution in [0, 0.1) is 5.92 Å². The molecule has 0 saturated carbocycles. The fraction of sp³-hybridized carbons (Fsp3) is 0.643. The van der Waals surface area contributed by atoms with E-state index in [-0.39, 0.29) is 11.8 Å². The van der Waals surface area contributed by atoms with Gasteiger partial charge in [-0.2, -0.15) is 0 Å². The highest BCUT2D eigenvalue weighted by Crippen LogP contribution is 2.17. The number of rotatable bonds is 4. The first-order valence-corrected chi connectivity index (χ1v) is 6.70. The highest BCUT2D eigenvalue weighted by atomic mass is 16.1. The third-order valence-corrected chi connectivity index (χ3v) is 3.56. The molecule has 1 saturated heterocycles. The maximum atomic E-state index is 12.6. The summed E-state index contributed by atoms with van der Waals surface area (Å²) in [5.41, 5.74) is 0.828. The Hall–Kier alpha value is -1.13. The van der Waals surface area contributed by atoms with Crippen molar-refractivity contribution in [3.8, 4) is 0 Å². The molecule has 100 valence electrons. The van der Waals surface area contributed by atoms with Crippen molar-refractivity contribution in [2.75, 3.05) is 26.2 Å². The molecule has 0 aliphatic carbocycles. The highest BCUT2D eigenvalue weighted by molar-refractivity contribution is 6.00. The predicted octanol–water partition coefficient (Wildman–Crippen LogP) is 1.14. The zero-order valence-electron chi connectivity index (χ0n) is 11.5. The van der Waals surface area contributed by atoms with Gasteiger partial charge in [0, 0.05) is 51.2 Å². The van der Waals surface area contributed by atoms with E-state index in [0.29, 0.717) is 5.92 Å². The molecule has 0 bridgehead atoms.